The van der Waals surface area contributed by atoms with Gasteiger partial charge >= 0.3 is 0 Å². The second kappa shape index (κ2) is 7.32. The molecular weight excluding hydrogens is 290 g/mol. The van der Waals surface area contributed by atoms with Gasteiger partial charge in [-0.05, 0) is 24.5 Å². The highest BCUT2D eigenvalue weighted by Crippen LogP contribution is 2.27. The third-order valence-electron chi connectivity index (χ3n) is 5.01. The van der Waals surface area contributed by atoms with Gasteiger partial charge in [-0.15, -0.1) is 0 Å². The molecule has 1 saturated heterocycles. The zero-order chi connectivity index (χ0) is 16.2. The Kier molecular flexibility index (Phi) is 5.18. The Balaban J connectivity index is 1.70. The maximum atomic E-state index is 12.7. The van der Waals surface area contributed by atoms with Gasteiger partial charge in [-0.1, -0.05) is 24.6 Å². The predicted molar refractivity (Wildman–Crippen MR) is 91.3 cm³/mol. The maximum absolute atomic E-state index is 12.7. The average Bonchev–Trinajstić information content (AvgIpc) is 3.01. The number of nitrogens with two attached hydrogens (primary N) is 1. The summed E-state index contributed by atoms with van der Waals surface area (Å²) in [5.41, 5.74) is 8.49. The molecule has 0 bridgehead atoms. The molecule has 1 heterocycles. The van der Waals surface area contributed by atoms with E-state index in [9.17, 15) is 4.79 Å². The van der Waals surface area contributed by atoms with Crippen LogP contribution >= 0.6 is 0 Å². The number of hydrogen-bond acceptors (Lipinski definition) is 4. The fourth-order valence-corrected chi connectivity index (χ4v) is 3.67. The standard InChI is InChI=1S/C18H27N3O2/c1-20(18(22)15-6-4-7-16(15)19)13-14-5-2-3-8-17(14)21-9-11-23-12-10-21/h2-3,5,8,15-16H,4,6-7,9-13,19H2,1H3/t15-,16-/m0/s1. The molecule has 0 radical (unpaired) electrons. The van der Waals surface area contributed by atoms with Crippen molar-refractivity contribution in [3.63, 3.8) is 0 Å². The van der Waals surface area contributed by atoms with E-state index < -0.39 is 0 Å². The third kappa shape index (κ3) is 3.67. The summed E-state index contributed by atoms with van der Waals surface area (Å²) in [5.74, 6) is 0.183. The Hall–Kier alpha value is -1.59. The highest BCUT2D eigenvalue weighted by molar-refractivity contribution is 5.79. The number of para-hydroxylation sites is 1. The summed E-state index contributed by atoms with van der Waals surface area (Å²) in [6.45, 7) is 3.97. The molecule has 2 atom stereocenters. The summed E-state index contributed by atoms with van der Waals surface area (Å²) >= 11 is 0. The molecule has 2 aliphatic rings. The Morgan fingerprint density at radius 3 is 2.74 bits per heavy atom. The van der Waals surface area contributed by atoms with Crippen molar-refractivity contribution in [2.24, 2.45) is 11.7 Å². The van der Waals surface area contributed by atoms with Crippen LogP contribution in [-0.2, 0) is 16.1 Å². The summed E-state index contributed by atoms with van der Waals surface area (Å²) in [6, 6.07) is 8.38. The van der Waals surface area contributed by atoms with Gasteiger partial charge in [0.2, 0.25) is 5.91 Å². The summed E-state index contributed by atoms with van der Waals surface area (Å²) in [4.78, 5) is 16.8. The Morgan fingerprint density at radius 1 is 1.30 bits per heavy atom. The average molecular weight is 317 g/mol. The number of morpholine rings is 1. The van der Waals surface area contributed by atoms with Crippen LogP contribution in [-0.4, -0.2) is 50.2 Å². The largest absolute Gasteiger partial charge is 0.378 e. The van der Waals surface area contributed by atoms with E-state index in [1.54, 1.807) is 0 Å². The van der Waals surface area contributed by atoms with Crippen molar-refractivity contribution in [1.29, 1.82) is 0 Å². The number of carbonyl (C=O) groups is 1. The molecule has 1 amide bonds. The molecule has 126 valence electrons. The summed E-state index contributed by atoms with van der Waals surface area (Å²) < 4.78 is 5.44. The van der Waals surface area contributed by atoms with Gasteiger partial charge in [0.1, 0.15) is 0 Å². The van der Waals surface area contributed by atoms with E-state index >= 15 is 0 Å². The quantitative estimate of drug-likeness (QED) is 0.916. The van der Waals surface area contributed by atoms with Crippen LogP contribution in [0, 0.1) is 5.92 Å². The number of hydrogen-bond donors (Lipinski definition) is 1. The molecule has 23 heavy (non-hydrogen) atoms. The van der Waals surface area contributed by atoms with Crippen molar-refractivity contribution in [2.75, 3.05) is 38.3 Å². The van der Waals surface area contributed by atoms with Crippen molar-refractivity contribution in [2.45, 2.75) is 31.8 Å². The van der Waals surface area contributed by atoms with Gasteiger partial charge in [0, 0.05) is 38.4 Å². The lowest BCUT2D eigenvalue weighted by Gasteiger charge is -2.32. The minimum atomic E-state index is -0.00412. The van der Waals surface area contributed by atoms with Gasteiger partial charge in [0.25, 0.3) is 0 Å². The monoisotopic (exact) mass is 317 g/mol. The second-order valence-corrected chi connectivity index (χ2v) is 6.62. The van der Waals surface area contributed by atoms with Crippen LogP contribution in [0.15, 0.2) is 24.3 Å². The first-order valence-corrected chi connectivity index (χ1v) is 8.58. The lowest BCUT2D eigenvalue weighted by atomic mass is 10.0. The molecular formula is C18H27N3O2. The van der Waals surface area contributed by atoms with Gasteiger partial charge in [-0.3, -0.25) is 4.79 Å². The van der Waals surface area contributed by atoms with E-state index in [0.29, 0.717) is 6.54 Å². The first kappa shape index (κ1) is 16.3. The van der Waals surface area contributed by atoms with Crippen molar-refractivity contribution in [3.8, 4) is 0 Å². The molecule has 3 rings (SSSR count). The Labute approximate surface area is 138 Å². The topological polar surface area (TPSA) is 58.8 Å². The highest BCUT2D eigenvalue weighted by atomic mass is 16.5. The van der Waals surface area contributed by atoms with Crippen LogP contribution in [0.3, 0.4) is 0 Å². The smallest absolute Gasteiger partial charge is 0.227 e. The number of rotatable bonds is 4. The highest BCUT2D eigenvalue weighted by Gasteiger charge is 2.32. The van der Waals surface area contributed by atoms with Gasteiger partial charge in [-0.2, -0.15) is 0 Å². The first-order chi connectivity index (χ1) is 11.2. The molecule has 1 aliphatic heterocycles. The molecule has 1 saturated carbocycles. The molecule has 0 aromatic heterocycles. The molecule has 0 unspecified atom stereocenters. The Morgan fingerprint density at radius 2 is 2.04 bits per heavy atom. The maximum Gasteiger partial charge on any atom is 0.227 e. The minimum absolute atomic E-state index is 0.00412. The normalized spacial score (nSPS) is 24.7. The predicted octanol–water partition coefficient (Wildman–Crippen LogP) is 1.61. The summed E-state index contributed by atoms with van der Waals surface area (Å²) in [7, 11) is 1.89. The van der Waals surface area contributed by atoms with E-state index in [2.05, 4.69) is 23.1 Å². The zero-order valence-corrected chi connectivity index (χ0v) is 13.9. The number of nitrogens with zero attached hydrogens (tertiary/aromatic N) is 2. The molecule has 1 aliphatic carbocycles. The molecule has 2 fully saturated rings. The number of benzene rings is 1. The van der Waals surface area contributed by atoms with E-state index in [-0.39, 0.29) is 17.9 Å². The van der Waals surface area contributed by atoms with E-state index in [0.717, 1.165) is 45.6 Å². The number of amides is 1. The van der Waals surface area contributed by atoms with E-state index in [1.165, 1.54) is 11.3 Å². The molecule has 5 nitrogen and oxygen atoms in total. The van der Waals surface area contributed by atoms with Gasteiger partial charge in [-0.25, -0.2) is 0 Å². The molecule has 2 N–H and O–H groups in total. The molecule has 1 aromatic carbocycles. The molecule has 0 spiro atoms. The van der Waals surface area contributed by atoms with Crippen LogP contribution in [0.25, 0.3) is 0 Å². The molecule has 5 heteroatoms. The summed E-state index contributed by atoms with van der Waals surface area (Å²) in [6.07, 6.45) is 2.96. The SMILES string of the molecule is CN(Cc1ccccc1N1CCOCC1)C(=O)[C@H]1CCC[C@@H]1N. The number of carbonyl (C=O) groups excluding carboxylic acids is 1. The van der Waals surface area contributed by atoms with Crippen molar-refractivity contribution in [3.05, 3.63) is 29.8 Å². The van der Waals surface area contributed by atoms with Crippen molar-refractivity contribution >= 4 is 11.6 Å². The minimum Gasteiger partial charge on any atom is -0.378 e. The first-order valence-electron chi connectivity index (χ1n) is 8.58. The number of anilines is 1. The second-order valence-electron chi connectivity index (χ2n) is 6.62. The van der Waals surface area contributed by atoms with Crippen LogP contribution in [0.4, 0.5) is 5.69 Å². The fourth-order valence-electron chi connectivity index (χ4n) is 3.67. The molecule has 1 aromatic rings. The van der Waals surface area contributed by atoms with Gasteiger partial charge in [0.05, 0.1) is 19.1 Å². The van der Waals surface area contributed by atoms with E-state index in [1.807, 2.05) is 18.0 Å². The van der Waals surface area contributed by atoms with Gasteiger partial charge in [0.15, 0.2) is 0 Å². The number of ether oxygens (including phenoxy) is 1. The lowest BCUT2D eigenvalue weighted by Crippen LogP contribution is -2.40. The fraction of sp³-hybridized carbons (Fsp3) is 0.611. The van der Waals surface area contributed by atoms with Crippen molar-refractivity contribution in [1.82, 2.24) is 4.90 Å². The van der Waals surface area contributed by atoms with Gasteiger partial charge < -0.3 is 20.3 Å². The van der Waals surface area contributed by atoms with E-state index in [4.69, 9.17) is 10.5 Å². The zero-order valence-electron chi connectivity index (χ0n) is 13.9. The van der Waals surface area contributed by atoms with Crippen LogP contribution < -0.4 is 10.6 Å². The summed E-state index contributed by atoms with van der Waals surface area (Å²) in [5, 5.41) is 0. The lowest BCUT2D eigenvalue weighted by molar-refractivity contribution is -0.134. The third-order valence-corrected chi connectivity index (χ3v) is 5.01. The van der Waals surface area contributed by atoms with Crippen LogP contribution in [0.5, 0.6) is 0 Å². The van der Waals surface area contributed by atoms with Crippen LogP contribution in [0.1, 0.15) is 24.8 Å². The Bertz CT molecular complexity index is 543. The van der Waals surface area contributed by atoms with Crippen molar-refractivity contribution < 1.29 is 9.53 Å². The van der Waals surface area contributed by atoms with Crippen LogP contribution in [0.2, 0.25) is 0 Å².